The first kappa shape index (κ1) is 32.0. The van der Waals surface area contributed by atoms with E-state index in [1.165, 1.54) is 57.8 Å². The molecule has 1 aromatic carbocycles. The van der Waals surface area contributed by atoms with Crippen molar-refractivity contribution in [1.29, 1.82) is 0 Å². The fraction of sp³-hybridized carbons (Fsp3) is 0.769. The van der Waals surface area contributed by atoms with Gasteiger partial charge in [-0.2, -0.15) is 0 Å². The first-order valence-electron chi connectivity index (χ1n) is 13.2. The number of phosphoric ester groups is 1. The van der Waals surface area contributed by atoms with Crippen LogP contribution in [0, 0.1) is 0 Å². The molecule has 0 heterocycles. The van der Waals surface area contributed by atoms with Crippen LogP contribution in [0.15, 0.2) is 30.3 Å². The summed E-state index contributed by atoms with van der Waals surface area (Å²) in [5.74, 6) is 0.865. The van der Waals surface area contributed by atoms with E-state index in [2.05, 4.69) is 11.4 Å². The van der Waals surface area contributed by atoms with E-state index in [9.17, 15) is 4.57 Å². The molecule has 0 aliphatic heterocycles. The second kappa shape index (κ2) is 22.2. The SMILES string of the molecule is CCCCCCCCCCCCC(COCCOCCOCCOP(=O)(O)O)Oc1ccccc1. The standard InChI is InChI=1S/C26H47O8P/c1-2-3-4-5-6-7-8-9-10-12-17-26(34-25-15-13-11-14-16-25)24-32-21-20-30-18-19-31-22-23-33-35(27,28)29/h11,13-16,26H,2-10,12,17-24H2,1H3,(H2,27,28,29). The van der Waals surface area contributed by atoms with Gasteiger partial charge in [0.25, 0.3) is 0 Å². The van der Waals surface area contributed by atoms with Crippen molar-refractivity contribution < 1.29 is 37.8 Å². The molecule has 0 bridgehead atoms. The van der Waals surface area contributed by atoms with Crippen LogP contribution in [-0.2, 0) is 23.3 Å². The summed E-state index contributed by atoms with van der Waals surface area (Å²) in [6.07, 6.45) is 14.1. The first-order valence-corrected chi connectivity index (χ1v) is 14.7. The highest BCUT2D eigenvalue weighted by atomic mass is 31.2. The van der Waals surface area contributed by atoms with Gasteiger partial charge < -0.3 is 28.7 Å². The first-order chi connectivity index (χ1) is 17.0. The molecule has 0 spiro atoms. The molecule has 0 aliphatic rings. The van der Waals surface area contributed by atoms with Gasteiger partial charge in [-0.15, -0.1) is 0 Å². The van der Waals surface area contributed by atoms with Crippen molar-refractivity contribution >= 4 is 7.82 Å². The maximum absolute atomic E-state index is 10.5. The molecule has 9 heteroatoms. The summed E-state index contributed by atoms with van der Waals surface area (Å²) < 4.78 is 37.4. The van der Waals surface area contributed by atoms with Crippen LogP contribution in [0.25, 0.3) is 0 Å². The van der Waals surface area contributed by atoms with Gasteiger partial charge in [-0.1, -0.05) is 82.9 Å². The van der Waals surface area contributed by atoms with Crippen LogP contribution in [-0.4, -0.2) is 62.1 Å². The maximum Gasteiger partial charge on any atom is 0.469 e. The van der Waals surface area contributed by atoms with Crippen molar-refractivity contribution in [2.45, 2.75) is 83.7 Å². The third kappa shape index (κ3) is 22.0. The van der Waals surface area contributed by atoms with E-state index in [0.29, 0.717) is 33.0 Å². The van der Waals surface area contributed by atoms with Crippen molar-refractivity contribution in [2.24, 2.45) is 0 Å². The Morgan fingerprint density at radius 3 is 1.80 bits per heavy atom. The fourth-order valence-corrected chi connectivity index (χ4v) is 3.91. The van der Waals surface area contributed by atoms with Crippen LogP contribution >= 0.6 is 7.82 Å². The van der Waals surface area contributed by atoms with Crippen molar-refractivity contribution in [2.75, 3.05) is 46.2 Å². The van der Waals surface area contributed by atoms with Crippen molar-refractivity contribution in [1.82, 2.24) is 0 Å². The minimum atomic E-state index is -4.43. The van der Waals surface area contributed by atoms with Crippen LogP contribution < -0.4 is 4.74 Å². The molecule has 1 rings (SSSR count). The highest BCUT2D eigenvalue weighted by Gasteiger charge is 2.13. The Kier molecular flexibility index (Phi) is 20.3. The third-order valence-electron chi connectivity index (χ3n) is 5.46. The normalized spacial score (nSPS) is 12.7. The van der Waals surface area contributed by atoms with E-state index in [1.807, 2.05) is 30.3 Å². The van der Waals surface area contributed by atoms with Gasteiger partial charge in [-0.25, -0.2) is 4.57 Å². The van der Waals surface area contributed by atoms with Crippen molar-refractivity contribution in [3.63, 3.8) is 0 Å². The molecule has 0 saturated heterocycles. The number of unbranched alkanes of at least 4 members (excludes halogenated alkanes) is 9. The molecular weight excluding hydrogens is 471 g/mol. The van der Waals surface area contributed by atoms with E-state index < -0.39 is 7.82 Å². The van der Waals surface area contributed by atoms with Crippen molar-refractivity contribution in [3.05, 3.63) is 30.3 Å². The molecule has 35 heavy (non-hydrogen) atoms. The maximum atomic E-state index is 10.5. The largest absolute Gasteiger partial charge is 0.488 e. The monoisotopic (exact) mass is 518 g/mol. The number of rotatable bonds is 25. The Bertz CT molecular complexity index is 625. The average Bonchev–Trinajstić information content (AvgIpc) is 2.83. The summed E-state index contributed by atoms with van der Waals surface area (Å²) in [5, 5.41) is 0. The van der Waals surface area contributed by atoms with E-state index >= 15 is 0 Å². The fourth-order valence-electron chi connectivity index (χ4n) is 3.60. The predicted octanol–water partition coefficient (Wildman–Crippen LogP) is 5.90. The Labute approximate surface area is 211 Å². The van der Waals surface area contributed by atoms with Crippen molar-refractivity contribution in [3.8, 4) is 5.75 Å². The number of hydrogen-bond acceptors (Lipinski definition) is 6. The summed E-state index contributed by atoms with van der Waals surface area (Å²) in [4.78, 5) is 17.1. The molecule has 0 aliphatic carbocycles. The quantitative estimate of drug-likeness (QED) is 0.122. The summed E-state index contributed by atoms with van der Waals surface area (Å²) in [7, 11) is -4.43. The van der Waals surface area contributed by atoms with Gasteiger partial charge in [-0.05, 0) is 25.0 Å². The second-order valence-electron chi connectivity index (χ2n) is 8.65. The molecule has 2 N–H and O–H groups in total. The van der Waals surface area contributed by atoms with Crippen LogP contribution in [0.4, 0.5) is 0 Å². The number of phosphoric acid groups is 1. The number of hydrogen-bond donors (Lipinski definition) is 2. The van der Waals surface area contributed by atoms with Crippen LogP contribution in [0.5, 0.6) is 5.75 Å². The number of para-hydroxylation sites is 1. The molecule has 1 atom stereocenters. The van der Waals surface area contributed by atoms with E-state index in [0.717, 1.165) is 18.6 Å². The molecule has 0 amide bonds. The average molecular weight is 519 g/mol. The molecule has 0 fully saturated rings. The molecule has 0 saturated carbocycles. The topological polar surface area (TPSA) is 104 Å². The van der Waals surface area contributed by atoms with E-state index in [4.69, 9.17) is 28.7 Å². The molecule has 1 aromatic rings. The molecular formula is C26H47O8P. The van der Waals surface area contributed by atoms with Gasteiger partial charge in [0.05, 0.1) is 46.2 Å². The summed E-state index contributed by atoms with van der Waals surface area (Å²) in [5.41, 5.74) is 0. The highest BCUT2D eigenvalue weighted by Crippen LogP contribution is 2.35. The Balaban J connectivity index is 2.10. The zero-order valence-corrected chi connectivity index (χ0v) is 22.4. The highest BCUT2D eigenvalue weighted by molar-refractivity contribution is 7.46. The number of benzene rings is 1. The lowest BCUT2D eigenvalue weighted by atomic mass is 10.0. The lowest BCUT2D eigenvalue weighted by molar-refractivity contribution is -0.00956. The van der Waals surface area contributed by atoms with E-state index in [-0.39, 0.29) is 19.3 Å². The predicted molar refractivity (Wildman–Crippen MR) is 138 cm³/mol. The van der Waals surface area contributed by atoms with Crippen LogP contribution in [0.2, 0.25) is 0 Å². The zero-order valence-electron chi connectivity index (χ0n) is 21.5. The Hall–Kier alpha value is -0.990. The zero-order chi connectivity index (χ0) is 25.5. The van der Waals surface area contributed by atoms with Crippen LogP contribution in [0.3, 0.4) is 0 Å². The Morgan fingerprint density at radius 2 is 1.23 bits per heavy atom. The smallest absolute Gasteiger partial charge is 0.469 e. The summed E-state index contributed by atoms with van der Waals surface area (Å²) >= 11 is 0. The molecule has 0 aromatic heterocycles. The van der Waals surface area contributed by atoms with Gasteiger partial charge in [0.1, 0.15) is 11.9 Å². The summed E-state index contributed by atoms with van der Waals surface area (Å²) in [6.45, 7) is 4.33. The lowest BCUT2D eigenvalue weighted by Crippen LogP contribution is -2.24. The van der Waals surface area contributed by atoms with Gasteiger partial charge in [0, 0.05) is 0 Å². The van der Waals surface area contributed by atoms with Gasteiger partial charge >= 0.3 is 7.82 Å². The van der Waals surface area contributed by atoms with Gasteiger partial charge in [0.2, 0.25) is 0 Å². The lowest BCUT2D eigenvalue weighted by Gasteiger charge is -2.19. The molecule has 8 nitrogen and oxygen atoms in total. The molecule has 0 radical (unpaired) electrons. The van der Waals surface area contributed by atoms with Crippen LogP contribution in [0.1, 0.15) is 77.6 Å². The van der Waals surface area contributed by atoms with Gasteiger partial charge in [0.15, 0.2) is 0 Å². The molecule has 204 valence electrons. The molecule has 1 unspecified atom stereocenters. The third-order valence-corrected chi connectivity index (χ3v) is 5.98. The minimum Gasteiger partial charge on any atom is -0.488 e. The number of ether oxygens (including phenoxy) is 4. The summed E-state index contributed by atoms with van der Waals surface area (Å²) in [6, 6.07) is 9.87. The van der Waals surface area contributed by atoms with Gasteiger partial charge in [-0.3, -0.25) is 4.52 Å². The Morgan fingerprint density at radius 1 is 0.714 bits per heavy atom. The second-order valence-corrected chi connectivity index (χ2v) is 9.89. The van der Waals surface area contributed by atoms with E-state index in [1.54, 1.807) is 0 Å². The minimum absolute atomic E-state index is 0.0174.